The van der Waals surface area contributed by atoms with E-state index in [0.29, 0.717) is 0 Å². The van der Waals surface area contributed by atoms with E-state index in [0.717, 1.165) is 24.5 Å². The van der Waals surface area contributed by atoms with Gasteiger partial charge in [-0.1, -0.05) is 0 Å². The molecule has 1 aliphatic heterocycles. The number of nitrogens with zero attached hydrogens (tertiary/aromatic N) is 2. The Labute approximate surface area is 101 Å². The molecule has 2 rings (SSSR count). The van der Waals surface area contributed by atoms with Crippen LogP contribution in [0.2, 0.25) is 0 Å². The average Bonchev–Trinajstić information content (AvgIpc) is 2.67. The molecule has 1 aliphatic rings. The zero-order chi connectivity index (χ0) is 11.7. The van der Waals surface area contributed by atoms with Crippen LogP contribution in [0.1, 0.15) is 15.9 Å². The summed E-state index contributed by atoms with van der Waals surface area (Å²) in [6.07, 6.45) is -0.355. The third-order valence-electron chi connectivity index (χ3n) is 3.32. The first kappa shape index (κ1) is 12.0. The smallest absolute Gasteiger partial charge is 0.105 e. The van der Waals surface area contributed by atoms with E-state index in [-0.39, 0.29) is 12.1 Å². The lowest BCUT2D eigenvalue weighted by molar-refractivity contribution is 0.0156. The Bertz CT molecular complexity index is 353. The SMILES string of the molecule is Cc1ccc(C(O)C2CN(C)CCN2C)s1. The second-order valence-electron chi connectivity index (χ2n) is 4.70. The van der Waals surface area contributed by atoms with Crippen molar-refractivity contribution in [2.75, 3.05) is 33.7 Å². The first-order valence-electron chi connectivity index (χ1n) is 5.71. The molecule has 90 valence electrons. The van der Waals surface area contributed by atoms with Crippen LogP contribution in [0.15, 0.2) is 12.1 Å². The van der Waals surface area contributed by atoms with E-state index in [2.05, 4.69) is 36.9 Å². The Morgan fingerprint density at radius 1 is 1.38 bits per heavy atom. The Morgan fingerprint density at radius 2 is 2.12 bits per heavy atom. The normalized spacial score (nSPS) is 25.9. The number of rotatable bonds is 2. The third kappa shape index (κ3) is 2.46. The summed E-state index contributed by atoms with van der Waals surface area (Å²) in [6.45, 7) is 5.14. The molecule has 1 aromatic rings. The fraction of sp³-hybridized carbons (Fsp3) is 0.667. The van der Waals surface area contributed by atoms with Gasteiger partial charge in [0.15, 0.2) is 0 Å². The van der Waals surface area contributed by atoms with Crippen molar-refractivity contribution >= 4 is 11.3 Å². The average molecular weight is 240 g/mol. The van der Waals surface area contributed by atoms with Gasteiger partial charge in [-0.2, -0.15) is 0 Å². The van der Waals surface area contributed by atoms with Gasteiger partial charge < -0.3 is 10.0 Å². The maximum absolute atomic E-state index is 10.4. The van der Waals surface area contributed by atoms with Crippen molar-refractivity contribution in [1.82, 2.24) is 9.80 Å². The highest BCUT2D eigenvalue weighted by Crippen LogP contribution is 2.28. The minimum atomic E-state index is -0.355. The van der Waals surface area contributed by atoms with E-state index in [1.807, 2.05) is 6.07 Å². The van der Waals surface area contributed by atoms with Gasteiger partial charge in [0.2, 0.25) is 0 Å². The Balaban J connectivity index is 2.10. The number of aliphatic hydroxyl groups is 1. The maximum atomic E-state index is 10.4. The van der Waals surface area contributed by atoms with Gasteiger partial charge in [0.25, 0.3) is 0 Å². The lowest BCUT2D eigenvalue weighted by atomic mass is 10.1. The van der Waals surface area contributed by atoms with Crippen LogP contribution in [0.5, 0.6) is 0 Å². The van der Waals surface area contributed by atoms with Crippen molar-refractivity contribution in [2.45, 2.75) is 19.1 Å². The topological polar surface area (TPSA) is 26.7 Å². The lowest BCUT2D eigenvalue weighted by Crippen LogP contribution is -2.52. The summed E-state index contributed by atoms with van der Waals surface area (Å²) in [7, 11) is 4.22. The molecule has 2 heterocycles. The van der Waals surface area contributed by atoms with Gasteiger partial charge >= 0.3 is 0 Å². The highest BCUT2D eigenvalue weighted by molar-refractivity contribution is 7.12. The number of hydrogen-bond donors (Lipinski definition) is 1. The molecule has 0 aromatic carbocycles. The summed E-state index contributed by atoms with van der Waals surface area (Å²) >= 11 is 1.70. The number of thiophene rings is 1. The molecule has 2 atom stereocenters. The molecule has 0 spiro atoms. The number of aryl methyl sites for hydroxylation is 1. The van der Waals surface area contributed by atoms with E-state index in [1.54, 1.807) is 11.3 Å². The van der Waals surface area contributed by atoms with Crippen molar-refractivity contribution in [1.29, 1.82) is 0 Å². The van der Waals surface area contributed by atoms with Gasteiger partial charge in [-0.05, 0) is 33.2 Å². The molecule has 0 saturated carbocycles. The fourth-order valence-electron chi connectivity index (χ4n) is 2.19. The predicted octanol–water partition coefficient (Wildman–Crippen LogP) is 1.34. The second-order valence-corrected chi connectivity index (χ2v) is 6.02. The minimum absolute atomic E-state index is 0.219. The Morgan fingerprint density at radius 3 is 2.75 bits per heavy atom. The maximum Gasteiger partial charge on any atom is 0.105 e. The molecule has 2 unspecified atom stereocenters. The first-order valence-corrected chi connectivity index (χ1v) is 6.53. The van der Waals surface area contributed by atoms with Crippen LogP contribution in [0.4, 0.5) is 0 Å². The summed E-state index contributed by atoms with van der Waals surface area (Å²) in [5.74, 6) is 0. The van der Waals surface area contributed by atoms with Crippen LogP contribution in [0.3, 0.4) is 0 Å². The number of hydrogen-bond acceptors (Lipinski definition) is 4. The number of aliphatic hydroxyl groups excluding tert-OH is 1. The summed E-state index contributed by atoms with van der Waals surface area (Å²) in [4.78, 5) is 6.90. The zero-order valence-electron chi connectivity index (χ0n) is 10.2. The standard InChI is InChI=1S/C12H20N2OS/c1-9-4-5-11(16-9)12(15)10-8-13(2)6-7-14(10)3/h4-5,10,12,15H,6-8H2,1-3H3. The Hall–Kier alpha value is -0.420. The second kappa shape index (κ2) is 4.84. The van der Waals surface area contributed by atoms with E-state index < -0.39 is 0 Å². The van der Waals surface area contributed by atoms with E-state index >= 15 is 0 Å². The summed E-state index contributed by atoms with van der Waals surface area (Å²) < 4.78 is 0. The molecule has 1 aromatic heterocycles. The number of piperazine rings is 1. The van der Waals surface area contributed by atoms with Crippen molar-refractivity contribution in [3.05, 3.63) is 21.9 Å². The molecule has 1 saturated heterocycles. The molecular weight excluding hydrogens is 220 g/mol. The molecule has 0 amide bonds. The highest BCUT2D eigenvalue weighted by Gasteiger charge is 2.30. The molecule has 0 aliphatic carbocycles. The summed E-state index contributed by atoms with van der Waals surface area (Å²) in [5.41, 5.74) is 0. The molecule has 4 heteroatoms. The zero-order valence-corrected chi connectivity index (χ0v) is 11.0. The van der Waals surface area contributed by atoms with Crippen LogP contribution in [0, 0.1) is 6.92 Å². The molecule has 1 fully saturated rings. The van der Waals surface area contributed by atoms with E-state index in [4.69, 9.17) is 0 Å². The molecule has 0 radical (unpaired) electrons. The van der Waals surface area contributed by atoms with Gasteiger partial charge in [-0.25, -0.2) is 0 Å². The van der Waals surface area contributed by atoms with Crippen LogP contribution in [0.25, 0.3) is 0 Å². The molecular formula is C12H20N2OS. The third-order valence-corrected chi connectivity index (χ3v) is 4.39. The van der Waals surface area contributed by atoms with Gasteiger partial charge in [0.05, 0.1) is 6.04 Å². The van der Waals surface area contributed by atoms with Crippen molar-refractivity contribution in [3.63, 3.8) is 0 Å². The lowest BCUT2D eigenvalue weighted by Gasteiger charge is -2.39. The summed E-state index contributed by atoms with van der Waals surface area (Å²) in [5, 5.41) is 10.4. The fourth-order valence-corrected chi connectivity index (χ4v) is 3.11. The van der Waals surface area contributed by atoms with E-state index in [1.165, 1.54) is 4.88 Å². The molecule has 3 nitrogen and oxygen atoms in total. The monoisotopic (exact) mass is 240 g/mol. The van der Waals surface area contributed by atoms with Crippen LogP contribution in [-0.2, 0) is 0 Å². The van der Waals surface area contributed by atoms with Crippen LogP contribution < -0.4 is 0 Å². The van der Waals surface area contributed by atoms with Crippen LogP contribution in [-0.4, -0.2) is 54.7 Å². The highest BCUT2D eigenvalue weighted by atomic mass is 32.1. The first-order chi connectivity index (χ1) is 7.58. The van der Waals surface area contributed by atoms with Gasteiger partial charge in [-0.3, -0.25) is 4.90 Å². The molecule has 1 N–H and O–H groups in total. The molecule has 0 bridgehead atoms. The van der Waals surface area contributed by atoms with Gasteiger partial charge in [-0.15, -0.1) is 11.3 Å². The Kier molecular flexibility index (Phi) is 3.64. The quantitative estimate of drug-likeness (QED) is 0.845. The summed E-state index contributed by atoms with van der Waals surface area (Å²) in [6, 6.07) is 4.35. The number of likely N-dealkylation sites (N-methyl/N-ethyl adjacent to an activating group) is 2. The predicted molar refractivity (Wildman–Crippen MR) is 67.9 cm³/mol. The minimum Gasteiger partial charge on any atom is -0.386 e. The van der Waals surface area contributed by atoms with Crippen molar-refractivity contribution in [3.8, 4) is 0 Å². The largest absolute Gasteiger partial charge is 0.386 e. The van der Waals surface area contributed by atoms with Gasteiger partial charge in [0, 0.05) is 29.4 Å². The van der Waals surface area contributed by atoms with E-state index in [9.17, 15) is 5.11 Å². The van der Waals surface area contributed by atoms with Gasteiger partial charge in [0.1, 0.15) is 6.10 Å². The molecule has 16 heavy (non-hydrogen) atoms. The van der Waals surface area contributed by atoms with Crippen molar-refractivity contribution in [2.24, 2.45) is 0 Å². The van der Waals surface area contributed by atoms with Crippen LogP contribution >= 0.6 is 11.3 Å². The van der Waals surface area contributed by atoms with Crippen molar-refractivity contribution < 1.29 is 5.11 Å².